The van der Waals surface area contributed by atoms with Gasteiger partial charge in [0.1, 0.15) is 0 Å². The molecule has 4 aliphatic carbocycles. The summed E-state index contributed by atoms with van der Waals surface area (Å²) < 4.78 is 20.2. The quantitative estimate of drug-likeness (QED) is 0.573. The summed E-state index contributed by atoms with van der Waals surface area (Å²) in [4.78, 5) is 24.0. The molecule has 4 aliphatic rings. The number of carbonyl (C=O) groups is 2. The Morgan fingerprint density at radius 1 is 1.19 bits per heavy atom. The molecule has 0 aromatic rings. The van der Waals surface area contributed by atoms with Crippen molar-refractivity contribution < 1.29 is 23.8 Å². The number of aliphatic hydroxyl groups is 1. The van der Waals surface area contributed by atoms with Crippen LogP contribution in [0.15, 0.2) is 0 Å². The van der Waals surface area contributed by atoms with Crippen molar-refractivity contribution in [2.45, 2.75) is 97.8 Å². The molecule has 1 N–H and O–H groups in total. The third-order valence-electron chi connectivity index (χ3n) is 11.0. The number of fused-ring (bicyclic) bond motifs is 5. The molecule has 0 bridgehead atoms. The molecule has 0 aliphatic heterocycles. The van der Waals surface area contributed by atoms with Gasteiger partial charge in [0.15, 0.2) is 12.0 Å². The monoisotopic (exact) mass is 450 g/mol. The van der Waals surface area contributed by atoms with Crippen LogP contribution in [0.3, 0.4) is 0 Å². The lowest BCUT2D eigenvalue weighted by Gasteiger charge is -2.64. The van der Waals surface area contributed by atoms with Crippen molar-refractivity contribution in [1.82, 2.24) is 0 Å². The Balaban J connectivity index is 1.61. The van der Waals surface area contributed by atoms with Gasteiger partial charge in [-0.3, -0.25) is 9.59 Å². The summed E-state index contributed by atoms with van der Waals surface area (Å²) >= 11 is 0. The van der Waals surface area contributed by atoms with E-state index in [9.17, 15) is 14.7 Å². The fourth-order valence-electron chi connectivity index (χ4n) is 9.43. The minimum Gasteiger partial charge on any atom is -0.469 e. The third kappa shape index (κ3) is 3.47. The fraction of sp³-hybridized carbons (Fsp3) is 0.926. The number of alkyl halides is 1. The Hall–Kier alpha value is -0.970. The SMILES string of the molecule is CC[C@H]1[C@@H](O)[C@@H]2[C@H](CC[C@]3(C)[C@@H]([C@H](C)CCC(=O)OC)CC[C@@H]23)[C@@]2(C)CCC(=O)[C@H](F)[C@@H]12. The molecular weight excluding hydrogens is 407 g/mol. The van der Waals surface area contributed by atoms with Gasteiger partial charge in [-0.2, -0.15) is 0 Å². The van der Waals surface area contributed by atoms with Gasteiger partial charge >= 0.3 is 5.97 Å². The van der Waals surface area contributed by atoms with Crippen LogP contribution >= 0.6 is 0 Å². The van der Waals surface area contributed by atoms with Gasteiger partial charge in [-0.05, 0) is 84.9 Å². The topological polar surface area (TPSA) is 63.6 Å². The van der Waals surface area contributed by atoms with Crippen LogP contribution < -0.4 is 0 Å². The molecule has 0 amide bonds. The van der Waals surface area contributed by atoms with Gasteiger partial charge in [0, 0.05) is 18.8 Å². The van der Waals surface area contributed by atoms with Gasteiger partial charge in [-0.15, -0.1) is 0 Å². The van der Waals surface area contributed by atoms with Crippen LogP contribution in [-0.2, 0) is 14.3 Å². The van der Waals surface area contributed by atoms with Gasteiger partial charge in [0.25, 0.3) is 0 Å². The summed E-state index contributed by atoms with van der Waals surface area (Å²) in [5.74, 6) is 1.02. The predicted octanol–water partition coefficient (Wildman–Crippen LogP) is 5.36. The number of carbonyl (C=O) groups excluding carboxylic acids is 2. The van der Waals surface area contributed by atoms with Crippen molar-refractivity contribution in [2.24, 2.45) is 52.3 Å². The predicted molar refractivity (Wildman–Crippen MR) is 121 cm³/mol. The minimum atomic E-state index is -1.42. The highest BCUT2D eigenvalue weighted by molar-refractivity contribution is 5.84. The van der Waals surface area contributed by atoms with Crippen molar-refractivity contribution in [1.29, 1.82) is 0 Å². The normalized spacial score (nSPS) is 49.0. The number of rotatable bonds is 5. The first kappa shape index (κ1) is 24.2. The van der Waals surface area contributed by atoms with Crippen LogP contribution in [0.5, 0.6) is 0 Å². The highest BCUT2D eigenvalue weighted by Gasteiger charge is 2.66. The van der Waals surface area contributed by atoms with Crippen LogP contribution in [0, 0.1) is 52.3 Å². The summed E-state index contributed by atoms with van der Waals surface area (Å²) in [5, 5.41) is 11.7. The first-order chi connectivity index (χ1) is 15.1. The highest BCUT2D eigenvalue weighted by atomic mass is 19.1. The Kier molecular flexibility index (Phi) is 6.55. The molecule has 0 saturated heterocycles. The Morgan fingerprint density at radius 2 is 1.88 bits per heavy atom. The molecule has 32 heavy (non-hydrogen) atoms. The van der Waals surface area contributed by atoms with E-state index in [1.54, 1.807) is 0 Å². The number of hydrogen-bond donors (Lipinski definition) is 1. The molecule has 4 saturated carbocycles. The van der Waals surface area contributed by atoms with Gasteiger partial charge in [-0.25, -0.2) is 4.39 Å². The van der Waals surface area contributed by atoms with Crippen LogP contribution in [0.2, 0.25) is 0 Å². The van der Waals surface area contributed by atoms with Crippen molar-refractivity contribution in [2.75, 3.05) is 7.11 Å². The zero-order chi connectivity index (χ0) is 23.4. The molecule has 5 heteroatoms. The smallest absolute Gasteiger partial charge is 0.305 e. The van der Waals surface area contributed by atoms with Gasteiger partial charge in [0.2, 0.25) is 0 Å². The second-order valence-electron chi connectivity index (χ2n) is 12.1. The first-order valence-electron chi connectivity index (χ1n) is 13.0. The van der Waals surface area contributed by atoms with E-state index in [2.05, 4.69) is 27.7 Å². The first-order valence-corrected chi connectivity index (χ1v) is 13.0. The lowest BCUT2D eigenvalue weighted by atomic mass is 9.41. The number of hydrogen-bond acceptors (Lipinski definition) is 4. The summed E-state index contributed by atoms with van der Waals surface area (Å²) in [6.07, 6.45) is 5.56. The van der Waals surface area contributed by atoms with Gasteiger partial charge in [-0.1, -0.05) is 34.1 Å². The van der Waals surface area contributed by atoms with E-state index in [0.717, 1.165) is 44.9 Å². The number of ketones is 1. The molecule has 4 rings (SSSR count). The molecule has 182 valence electrons. The summed E-state index contributed by atoms with van der Waals surface area (Å²) in [6.45, 7) is 8.98. The Labute approximate surface area is 193 Å². The molecule has 0 aromatic carbocycles. The second kappa shape index (κ2) is 8.67. The van der Waals surface area contributed by atoms with Crippen LogP contribution in [0.25, 0.3) is 0 Å². The highest BCUT2D eigenvalue weighted by Crippen LogP contribution is 2.69. The van der Waals surface area contributed by atoms with E-state index >= 15 is 4.39 Å². The van der Waals surface area contributed by atoms with E-state index in [4.69, 9.17) is 4.74 Å². The molecule has 0 spiro atoms. The van der Waals surface area contributed by atoms with E-state index in [1.165, 1.54) is 7.11 Å². The molecule has 0 heterocycles. The minimum absolute atomic E-state index is 0.139. The lowest BCUT2D eigenvalue weighted by molar-refractivity contribution is -0.207. The Morgan fingerprint density at radius 3 is 2.53 bits per heavy atom. The molecule has 4 nitrogen and oxygen atoms in total. The van der Waals surface area contributed by atoms with Crippen LogP contribution in [-0.4, -0.2) is 36.2 Å². The molecule has 11 atom stereocenters. The zero-order valence-electron chi connectivity index (χ0n) is 20.6. The summed E-state index contributed by atoms with van der Waals surface area (Å²) in [5.41, 5.74) is -0.0490. The van der Waals surface area contributed by atoms with E-state index in [0.29, 0.717) is 36.5 Å². The zero-order valence-corrected chi connectivity index (χ0v) is 20.6. The maximum atomic E-state index is 15.3. The summed E-state index contributed by atoms with van der Waals surface area (Å²) in [7, 11) is 1.45. The number of Topliss-reactive ketones (excluding diaryl/α,β-unsaturated/α-hetero) is 1. The van der Waals surface area contributed by atoms with Crippen molar-refractivity contribution in [3.05, 3.63) is 0 Å². The van der Waals surface area contributed by atoms with Crippen molar-refractivity contribution >= 4 is 11.8 Å². The van der Waals surface area contributed by atoms with Gasteiger partial charge in [0.05, 0.1) is 13.2 Å². The van der Waals surface area contributed by atoms with E-state index in [-0.39, 0.29) is 40.3 Å². The van der Waals surface area contributed by atoms with Crippen LogP contribution in [0.4, 0.5) is 4.39 Å². The van der Waals surface area contributed by atoms with Crippen molar-refractivity contribution in [3.8, 4) is 0 Å². The second-order valence-corrected chi connectivity index (χ2v) is 12.1. The van der Waals surface area contributed by atoms with Gasteiger partial charge < -0.3 is 9.84 Å². The molecule has 0 unspecified atom stereocenters. The maximum absolute atomic E-state index is 15.3. The number of methoxy groups -OCH3 is 1. The average molecular weight is 451 g/mol. The van der Waals surface area contributed by atoms with Crippen LogP contribution in [0.1, 0.15) is 85.5 Å². The Bertz CT molecular complexity index is 739. The van der Waals surface area contributed by atoms with E-state index < -0.39 is 12.3 Å². The van der Waals surface area contributed by atoms with Crippen molar-refractivity contribution in [3.63, 3.8) is 0 Å². The third-order valence-corrected chi connectivity index (χ3v) is 11.0. The molecule has 4 fully saturated rings. The van der Waals surface area contributed by atoms with E-state index in [1.807, 2.05) is 0 Å². The number of esters is 1. The fourth-order valence-corrected chi connectivity index (χ4v) is 9.43. The molecular formula is C27H43FO4. The maximum Gasteiger partial charge on any atom is 0.305 e. The standard InChI is InChI=1S/C27H43FO4/c1-6-16-23-24(28)20(29)12-14-27(23,4)19-11-13-26(3)17(15(2)7-10-21(30)32-5)8-9-18(26)22(19)25(16)31/h15-19,22-25,31H,6-14H2,1-5H3/t15-,16-,17-,18+,19+,22+,23-,24+,25-,26-,27-/m1/s1. The molecule has 0 radical (unpaired) electrons. The number of halogens is 1. The largest absolute Gasteiger partial charge is 0.469 e. The summed E-state index contributed by atoms with van der Waals surface area (Å²) in [6, 6.07) is 0. The number of aliphatic hydroxyl groups excluding tert-OH is 1. The lowest BCUT2D eigenvalue weighted by Crippen LogP contribution is -2.64. The number of ether oxygens (including phenoxy) is 1. The molecule has 0 aromatic heterocycles. The average Bonchev–Trinajstić information content (AvgIpc) is 3.13.